The number of imidazole rings is 1. The first-order valence-electron chi connectivity index (χ1n) is 10.3. The van der Waals surface area contributed by atoms with Gasteiger partial charge in [0.1, 0.15) is 16.5 Å². The minimum atomic E-state index is -1.01. The summed E-state index contributed by atoms with van der Waals surface area (Å²) in [5.41, 5.74) is 4.48. The molecule has 0 atom stereocenters. The number of aryl methyl sites for hydroxylation is 2. The SMILES string of the molecule is Cc1ccc(Oc2nc3nc(-c4sc(C5=CCCC=C5)nc4C)c(Cl)cc3[nH]2)cc1C(=O)O. The Kier molecular flexibility index (Phi) is 5.47. The van der Waals surface area contributed by atoms with E-state index in [9.17, 15) is 9.90 Å². The van der Waals surface area contributed by atoms with E-state index in [-0.39, 0.29) is 11.6 Å². The molecule has 3 aromatic heterocycles. The zero-order valence-corrected chi connectivity index (χ0v) is 19.4. The molecule has 0 unspecified atom stereocenters. The van der Waals surface area contributed by atoms with Gasteiger partial charge in [0.05, 0.1) is 26.7 Å². The first kappa shape index (κ1) is 21.4. The molecule has 4 aromatic rings. The standard InChI is InChI=1S/C24H19ClN4O3S/c1-12-8-9-15(10-16(12)23(30)31)32-24-27-18-11-17(25)19(28-21(18)29-24)20-13(2)26-22(33-20)14-6-4-3-5-7-14/h4,6-11H,3,5H2,1-2H3,(H,30,31)(H,27,28,29). The molecule has 166 valence electrons. The molecule has 0 saturated heterocycles. The van der Waals surface area contributed by atoms with E-state index < -0.39 is 5.97 Å². The summed E-state index contributed by atoms with van der Waals surface area (Å²) in [6.07, 6.45) is 8.51. The fourth-order valence-electron chi connectivity index (χ4n) is 3.62. The number of thiazole rings is 1. The third-order valence-corrected chi connectivity index (χ3v) is 6.81. The van der Waals surface area contributed by atoms with E-state index >= 15 is 0 Å². The molecule has 1 aromatic carbocycles. The number of benzene rings is 1. The second kappa shape index (κ2) is 8.46. The maximum atomic E-state index is 11.4. The summed E-state index contributed by atoms with van der Waals surface area (Å²) in [6.45, 7) is 3.68. The van der Waals surface area contributed by atoms with Crippen LogP contribution < -0.4 is 4.74 Å². The summed E-state index contributed by atoms with van der Waals surface area (Å²) < 4.78 is 5.76. The van der Waals surface area contributed by atoms with Crippen molar-refractivity contribution < 1.29 is 14.6 Å². The number of fused-ring (bicyclic) bond motifs is 1. The van der Waals surface area contributed by atoms with Crippen LogP contribution in [0.25, 0.3) is 27.3 Å². The monoisotopic (exact) mass is 478 g/mol. The number of nitrogens with one attached hydrogen (secondary N) is 1. The highest BCUT2D eigenvalue weighted by molar-refractivity contribution is 7.16. The van der Waals surface area contributed by atoms with Gasteiger partial charge in [0.15, 0.2) is 5.65 Å². The summed E-state index contributed by atoms with van der Waals surface area (Å²) in [5, 5.41) is 10.8. The van der Waals surface area contributed by atoms with E-state index in [0.29, 0.717) is 33.2 Å². The maximum Gasteiger partial charge on any atom is 0.336 e. The van der Waals surface area contributed by atoms with Crippen LogP contribution in [0.2, 0.25) is 5.02 Å². The van der Waals surface area contributed by atoms with E-state index in [1.54, 1.807) is 36.5 Å². The third-order valence-electron chi connectivity index (χ3n) is 5.31. The number of hydrogen-bond donors (Lipinski definition) is 2. The molecule has 2 N–H and O–H groups in total. The molecule has 1 aliphatic carbocycles. The van der Waals surface area contributed by atoms with Crippen molar-refractivity contribution in [2.45, 2.75) is 26.7 Å². The number of carboxylic acid groups (broad SMARTS) is 1. The largest absolute Gasteiger partial charge is 0.478 e. The Morgan fingerprint density at radius 3 is 2.79 bits per heavy atom. The summed E-state index contributed by atoms with van der Waals surface area (Å²) in [6, 6.07) is 6.81. The summed E-state index contributed by atoms with van der Waals surface area (Å²) >= 11 is 8.14. The first-order valence-corrected chi connectivity index (χ1v) is 11.5. The lowest BCUT2D eigenvalue weighted by atomic mass is 10.1. The highest BCUT2D eigenvalue weighted by atomic mass is 35.5. The van der Waals surface area contributed by atoms with Crippen molar-refractivity contribution in [1.29, 1.82) is 0 Å². The average molecular weight is 479 g/mol. The van der Waals surface area contributed by atoms with E-state index in [1.807, 2.05) is 6.92 Å². The minimum Gasteiger partial charge on any atom is -0.478 e. The number of rotatable bonds is 5. The van der Waals surface area contributed by atoms with Gasteiger partial charge in [0.2, 0.25) is 0 Å². The molecule has 0 aliphatic heterocycles. The Bertz CT molecular complexity index is 1470. The quantitative estimate of drug-likeness (QED) is 0.336. The Labute approximate surface area is 198 Å². The summed E-state index contributed by atoms with van der Waals surface area (Å²) in [5.74, 6) is -0.653. The van der Waals surface area contributed by atoms with Gasteiger partial charge < -0.3 is 14.8 Å². The smallest absolute Gasteiger partial charge is 0.336 e. The van der Waals surface area contributed by atoms with Gasteiger partial charge in [0, 0.05) is 5.57 Å². The lowest BCUT2D eigenvalue weighted by Gasteiger charge is -2.05. The van der Waals surface area contributed by atoms with Gasteiger partial charge in [-0.3, -0.25) is 0 Å². The number of carboxylic acids is 1. The van der Waals surface area contributed by atoms with Crippen molar-refractivity contribution in [3.8, 4) is 22.3 Å². The highest BCUT2D eigenvalue weighted by Gasteiger charge is 2.19. The van der Waals surface area contributed by atoms with Crippen molar-refractivity contribution in [2.24, 2.45) is 0 Å². The lowest BCUT2D eigenvalue weighted by molar-refractivity contribution is 0.0695. The number of aromatic amines is 1. The van der Waals surface area contributed by atoms with E-state index in [4.69, 9.17) is 21.3 Å². The number of ether oxygens (including phenoxy) is 1. The molecular weight excluding hydrogens is 460 g/mol. The number of aromatic carboxylic acids is 1. The zero-order valence-electron chi connectivity index (χ0n) is 17.8. The van der Waals surface area contributed by atoms with Crippen molar-refractivity contribution in [2.75, 3.05) is 0 Å². The molecule has 33 heavy (non-hydrogen) atoms. The van der Waals surface area contributed by atoms with Crippen LogP contribution in [-0.4, -0.2) is 31.0 Å². The second-order valence-corrected chi connectivity index (χ2v) is 9.09. The topological polar surface area (TPSA) is 101 Å². The van der Waals surface area contributed by atoms with Crippen LogP contribution in [0.3, 0.4) is 0 Å². The number of nitrogens with zero attached hydrogens (tertiary/aromatic N) is 3. The van der Waals surface area contributed by atoms with E-state index in [2.05, 4.69) is 33.2 Å². The normalized spacial score (nSPS) is 13.4. The molecule has 3 heterocycles. The Hall–Kier alpha value is -3.49. The van der Waals surface area contributed by atoms with Crippen molar-refractivity contribution in [3.63, 3.8) is 0 Å². The molecule has 5 rings (SSSR count). The van der Waals surface area contributed by atoms with Gasteiger partial charge in [0.25, 0.3) is 0 Å². The Balaban J connectivity index is 1.49. The fourth-order valence-corrected chi connectivity index (χ4v) is 5.01. The zero-order chi connectivity index (χ0) is 23.1. The van der Waals surface area contributed by atoms with Crippen molar-refractivity contribution >= 4 is 45.6 Å². The predicted molar refractivity (Wildman–Crippen MR) is 129 cm³/mol. The van der Waals surface area contributed by atoms with Crippen LogP contribution in [0.5, 0.6) is 11.8 Å². The number of aromatic nitrogens is 4. The highest BCUT2D eigenvalue weighted by Crippen LogP contribution is 2.38. The fraction of sp³-hybridized carbons (Fsp3) is 0.167. The van der Waals surface area contributed by atoms with Crippen LogP contribution in [0.1, 0.15) is 39.5 Å². The van der Waals surface area contributed by atoms with Gasteiger partial charge in [-0.2, -0.15) is 4.98 Å². The summed E-state index contributed by atoms with van der Waals surface area (Å²) in [7, 11) is 0. The molecule has 0 amide bonds. The van der Waals surface area contributed by atoms with Gasteiger partial charge in [-0.05, 0) is 50.5 Å². The molecule has 7 nitrogen and oxygen atoms in total. The average Bonchev–Trinajstić information content (AvgIpc) is 3.37. The molecule has 9 heteroatoms. The molecule has 0 spiro atoms. The van der Waals surface area contributed by atoms with Crippen LogP contribution >= 0.6 is 22.9 Å². The summed E-state index contributed by atoms with van der Waals surface area (Å²) in [4.78, 5) is 29.1. The Morgan fingerprint density at radius 1 is 1.18 bits per heavy atom. The van der Waals surface area contributed by atoms with Gasteiger partial charge in [-0.15, -0.1) is 11.3 Å². The van der Waals surface area contributed by atoms with Gasteiger partial charge in [-0.25, -0.2) is 14.8 Å². The predicted octanol–water partition coefficient (Wildman–Crippen LogP) is 6.58. The second-order valence-electron chi connectivity index (χ2n) is 7.69. The number of carbonyl (C=O) groups is 1. The van der Waals surface area contributed by atoms with Crippen LogP contribution in [0, 0.1) is 13.8 Å². The van der Waals surface area contributed by atoms with Crippen LogP contribution in [-0.2, 0) is 0 Å². The lowest BCUT2D eigenvalue weighted by Crippen LogP contribution is -2.00. The first-order chi connectivity index (χ1) is 15.9. The number of hydrogen-bond acceptors (Lipinski definition) is 6. The van der Waals surface area contributed by atoms with Crippen LogP contribution in [0.4, 0.5) is 0 Å². The molecule has 1 aliphatic rings. The Morgan fingerprint density at radius 2 is 2.03 bits per heavy atom. The molecular formula is C24H19ClN4O3S. The number of halogens is 1. The van der Waals surface area contributed by atoms with Crippen molar-refractivity contribution in [3.05, 3.63) is 69.3 Å². The number of pyridine rings is 1. The third kappa shape index (κ3) is 4.15. The van der Waals surface area contributed by atoms with E-state index in [1.165, 1.54) is 6.07 Å². The van der Waals surface area contributed by atoms with Crippen LogP contribution in [0.15, 0.2) is 42.5 Å². The maximum absolute atomic E-state index is 11.4. The van der Waals surface area contributed by atoms with E-state index in [0.717, 1.165) is 34.0 Å². The van der Waals surface area contributed by atoms with Gasteiger partial charge >= 0.3 is 12.0 Å². The molecule has 0 saturated carbocycles. The molecule has 0 fully saturated rings. The number of allylic oxidation sites excluding steroid dienone is 4. The molecule has 0 radical (unpaired) electrons. The van der Waals surface area contributed by atoms with Gasteiger partial charge in [-0.1, -0.05) is 35.9 Å². The van der Waals surface area contributed by atoms with Crippen molar-refractivity contribution in [1.82, 2.24) is 19.9 Å². The minimum absolute atomic E-state index is 0.173. The molecule has 0 bridgehead atoms. The number of H-pyrrole nitrogens is 1.